The van der Waals surface area contributed by atoms with Crippen LogP contribution in [0.15, 0.2) is 70.7 Å². The molecule has 0 fully saturated rings. The Bertz CT molecular complexity index is 911. The zero-order valence-corrected chi connectivity index (χ0v) is 15.0. The molecule has 0 radical (unpaired) electrons. The Morgan fingerprint density at radius 2 is 1.92 bits per heavy atom. The van der Waals surface area contributed by atoms with E-state index in [4.69, 9.17) is 11.6 Å². The number of halogens is 1. The molecular weight excluding hydrogens is 354 g/mol. The van der Waals surface area contributed by atoms with Gasteiger partial charge in [-0.1, -0.05) is 35.5 Å². The SMILES string of the molecule is O=C(CCCn1cccn1)N1c2ccccc2Sc2ccc(Cl)cc21. The highest BCUT2D eigenvalue weighted by molar-refractivity contribution is 7.99. The Morgan fingerprint density at radius 3 is 2.76 bits per heavy atom. The molecule has 0 unspecified atom stereocenters. The van der Waals surface area contributed by atoms with E-state index in [1.807, 2.05) is 59.4 Å². The van der Waals surface area contributed by atoms with Crippen molar-refractivity contribution in [3.63, 3.8) is 0 Å². The zero-order chi connectivity index (χ0) is 17.2. The number of hydrogen-bond donors (Lipinski definition) is 0. The predicted octanol–water partition coefficient (Wildman–Crippen LogP) is 5.15. The van der Waals surface area contributed by atoms with Gasteiger partial charge in [0.1, 0.15) is 0 Å². The van der Waals surface area contributed by atoms with Gasteiger partial charge in [0, 0.05) is 40.2 Å². The van der Waals surface area contributed by atoms with Crippen LogP contribution in [-0.2, 0) is 11.3 Å². The predicted molar refractivity (Wildman–Crippen MR) is 101 cm³/mol. The van der Waals surface area contributed by atoms with Crippen molar-refractivity contribution in [2.45, 2.75) is 29.2 Å². The van der Waals surface area contributed by atoms with Crippen LogP contribution in [0.1, 0.15) is 12.8 Å². The fraction of sp³-hybridized carbons (Fsp3) is 0.158. The molecule has 2 aromatic carbocycles. The van der Waals surface area contributed by atoms with Gasteiger partial charge in [0.05, 0.1) is 11.4 Å². The number of hydrogen-bond acceptors (Lipinski definition) is 3. The lowest BCUT2D eigenvalue weighted by Gasteiger charge is -2.31. The highest BCUT2D eigenvalue weighted by Crippen LogP contribution is 2.48. The van der Waals surface area contributed by atoms with E-state index in [1.165, 1.54) is 0 Å². The number of fused-ring (bicyclic) bond motifs is 2. The Kier molecular flexibility index (Phi) is 4.51. The van der Waals surface area contributed by atoms with Crippen molar-refractivity contribution in [3.8, 4) is 0 Å². The van der Waals surface area contributed by atoms with Crippen molar-refractivity contribution in [2.75, 3.05) is 4.90 Å². The van der Waals surface area contributed by atoms with Gasteiger partial charge in [-0.2, -0.15) is 5.10 Å². The van der Waals surface area contributed by atoms with Crippen LogP contribution >= 0.6 is 23.4 Å². The van der Waals surface area contributed by atoms with E-state index in [9.17, 15) is 4.79 Å². The molecule has 0 saturated carbocycles. The highest BCUT2D eigenvalue weighted by atomic mass is 35.5. The fourth-order valence-corrected chi connectivity index (χ4v) is 4.14. The molecule has 126 valence electrons. The van der Waals surface area contributed by atoms with Gasteiger partial charge in [-0.15, -0.1) is 0 Å². The number of para-hydroxylation sites is 1. The maximum absolute atomic E-state index is 13.0. The molecule has 6 heteroatoms. The third-order valence-corrected chi connectivity index (χ3v) is 5.44. The molecule has 2 heterocycles. The van der Waals surface area contributed by atoms with Crippen molar-refractivity contribution in [1.29, 1.82) is 0 Å². The second-order valence-corrected chi connectivity index (χ2v) is 7.30. The molecule has 1 aromatic heterocycles. The first-order chi connectivity index (χ1) is 12.2. The maximum atomic E-state index is 13.0. The Hall–Kier alpha value is -2.24. The van der Waals surface area contributed by atoms with E-state index in [1.54, 1.807) is 22.9 Å². The van der Waals surface area contributed by atoms with Crippen LogP contribution in [0.5, 0.6) is 0 Å². The number of carbonyl (C=O) groups is 1. The summed E-state index contributed by atoms with van der Waals surface area (Å²) in [4.78, 5) is 16.9. The molecule has 3 aromatic rings. The topological polar surface area (TPSA) is 38.1 Å². The number of rotatable bonds is 4. The van der Waals surface area contributed by atoms with Crippen LogP contribution in [0.4, 0.5) is 11.4 Å². The number of nitrogens with zero attached hydrogens (tertiary/aromatic N) is 3. The quantitative estimate of drug-likeness (QED) is 0.638. The lowest BCUT2D eigenvalue weighted by Crippen LogP contribution is -2.28. The summed E-state index contributed by atoms with van der Waals surface area (Å²) in [6.07, 6.45) is 4.84. The molecule has 0 N–H and O–H groups in total. The Morgan fingerprint density at radius 1 is 1.08 bits per heavy atom. The molecule has 25 heavy (non-hydrogen) atoms. The number of amides is 1. The molecule has 1 aliphatic rings. The number of benzene rings is 2. The second kappa shape index (κ2) is 6.94. The standard InChI is InChI=1S/C19H16ClN3OS/c20-14-8-9-18-16(13-14)23(15-5-1-2-6-17(15)25-18)19(24)7-3-11-22-12-4-10-21-22/h1-2,4-6,8-10,12-13H,3,7,11H2. The van der Waals surface area contributed by atoms with Crippen molar-refractivity contribution >= 4 is 40.6 Å². The summed E-state index contributed by atoms with van der Waals surface area (Å²) in [6, 6.07) is 15.6. The lowest BCUT2D eigenvalue weighted by molar-refractivity contribution is -0.118. The number of aromatic nitrogens is 2. The van der Waals surface area contributed by atoms with E-state index >= 15 is 0 Å². The van der Waals surface area contributed by atoms with Gasteiger partial charge in [-0.3, -0.25) is 14.4 Å². The smallest absolute Gasteiger partial charge is 0.231 e. The van der Waals surface area contributed by atoms with E-state index < -0.39 is 0 Å². The van der Waals surface area contributed by atoms with E-state index in [0.717, 1.165) is 34.1 Å². The first-order valence-electron chi connectivity index (χ1n) is 8.09. The molecule has 0 saturated heterocycles. The third kappa shape index (κ3) is 3.30. The summed E-state index contributed by atoms with van der Waals surface area (Å²) in [5.74, 6) is 0.0726. The van der Waals surface area contributed by atoms with Crippen molar-refractivity contribution in [2.24, 2.45) is 0 Å². The van der Waals surface area contributed by atoms with Crippen molar-refractivity contribution in [1.82, 2.24) is 9.78 Å². The van der Waals surface area contributed by atoms with Gasteiger partial charge < -0.3 is 0 Å². The molecule has 1 aliphatic heterocycles. The van der Waals surface area contributed by atoms with E-state index in [0.29, 0.717) is 11.4 Å². The summed E-state index contributed by atoms with van der Waals surface area (Å²) in [5.41, 5.74) is 1.78. The Balaban J connectivity index is 1.61. The van der Waals surface area contributed by atoms with Gasteiger partial charge in [0.15, 0.2) is 0 Å². The van der Waals surface area contributed by atoms with Crippen LogP contribution in [0.2, 0.25) is 5.02 Å². The van der Waals surface area contributed by atoms with E-state index in [-0.39, 0.29) is 5.91 Å². The molecule has 1 amide bonds. The summed E-state index contributed by atoms with van der Waals surface area (Å²) < 4.78 is 1.85. The minimum atomic E-state index is 0.0726. The zero-order valence-electron chi connectivity index (χ0n) is 13.4. The van der Waals surface area contributed by atoms with Crippen LogP contribution < -0.4 is 4.90 Å². The van der Waals surface area contributed by atoms with E-state index in [2.05, 4.69) is 5.10 Å². The molecular formula is C19H16ClN3OS. The highest BCUT2D eigenvalue weighted by Gasteiger charge is 2.27. The summed E-state index contributed by atoms with van der Waals surface area (Å²) in [6.45, 7) is 0.728. The second-order valence-electron chi connectivity index (χ2n) is 5.78. The minimum absolute atomic E-state index is 0.0726. The molecule has 0 aliphatic carbocycles. The van der Waals surface area contributed by atoms with Crippen molar-refractivity contribution < 1.29 is 4.79 Å². The number of anilines is 2. The Labute approximate surface area is 155 Å². The van der Waals surface area contributed by atoms with Crippen LogP contribution in [0.3, 0.4) is 0 Å². The average molecular weight is 370 g/mol. The summed E-state index contributed by atoms with van der Waals surface area (Å²) >= 11 is 7.85. The third-order valence-electron chi connectivity index (χ3n) is 4.07. The van der Waals surface area contributed by atoms with Gasteiger partial charge in [-0.25, -0.2) is 0 Å². The molecule has 0 bridgehead atoms. The van der Waals surface area contributed by atoms with Gasteiger partial charge in [-0.05, 0) is 42.8 Å². The largest absolute Gasteiger partial charge is 0.279 e. The van der Waals surface area contributed by atoms with Gasteiger partial charge in [0.25, 0.3) is 0 Å². The van der Waals surface area contributed by atoms with Crippen LogP contribution in [-0.4, -0.2) is 15.7 Å². The first kappa shape index (κ1) is 16.2. The molecule has 0 atom stereocenters. The molecule has 0 spiro atoms. The van der Waals surface area contributed by atoms with Gasteiger partial charge in [0.2, 0.25) is 5.91 Å². The van der Waals surface area contributed by atoms with Crippen LogP contribution in [0.25, 0.3) is 0 Å². The number of carbonyl (C=O) groups excluding carboxylic acids is 1. The lowest BCUT2D eigenvalue weighted by atomic mass is 10.2. The van der Waals surface area contributed by atoms with Crippen molar-refractivity contribution in [3.05, 3.63) is 65.9 Å². The number of aryl methyl sites for hydroxylation is 1. The monoisotopic (exact) mass is 369 g/mol. The summed E-state index contributed by atoms with van der Waals surface area (Å²) in [5, 5.41) is 4.81. The molecule has 4 nitrogen and oxygen atoms in total. The maximum Gasteiger partial charge on any atom is 0.231 e. The first-order valence-corrected chi connectivity index (χ1v) is 9.28. The average Bonchev–Trinajstić information content (AvgIpc) is 3.13. The van der Waals surface area contributed by atoms with Gasteiger partial charge >= 0.3 is 0 Å². The summed E-state index contributed by atoms with van der Waals surface area (Å²) in [7, 11) is 0. The minimum Gasteiger partial charge on any atom is -0.279 e. The van der Waals surface area contributed by atoms with Crippen LogP contribution in [0, 0.1) is 0 Å². The molecule has 4 rings (SSSR count). The normalized spacial score (nSPS) is 12.6. The fourth-order valence-electron chi connectivity index (χ4n) is 2.93.